The molecule has 0 N–H and O–H groups in total. The highest BCUT2D eigenvalue weighted by molar-refractivity contribution is 9.11. The molecule has 0 bridgehead atoms. The standard InChI is InChI=1S/C16H12Br2N2O2/c1-9-7-14(18)12(8-13(9)17)16-20-19-15(22-16)10-3-5-11(21-2)6-4-10/h3-8H,1-2H3. The Balaban J connectivity index is 1.98. The lowest BCUT2D eigenvalue weighted by Crippen LogP contribution is -1.84. The number of ether oxygens (including phenoxy) is 1. The van der Waals surface area contributed by atoms with Crippen LogP contribution in [0.2, 0.25) is 0 Å². The van der Waals surface area contributed by atoms with E-state index < -0.39 is 0 Å². The average Bonchev–Trinajstić information content (AvgIpc) is 3.00. The van der Waals surface area contributed by atoms with Crippen LogP contribution in [0.4, 0.5) is 0 Å². The smallest absolute Gasteiger partial charge is 0.249 e. The van der Waals surface area contributed by atoms with Crippen molar-refractivity contribution in [1.29, 1.82) is 0 Å². The first kappa shape index (κ1) is 15.2. The van der Waals surface area contributed by atoms with Crippen LogP contribution in [0.25, 0.3) is 22.9 Å². The van der Waals surface area contributed by atoms with Crippen molar-refractivity contribution in [3.63, 3.8) is 0 Å². The molecule has 3 rings (SSSR count). The van der Waals surface area contributed by atoms with Gasteiger partial charge in [0.2, 0.25) is 11.8 Å². The second-order valence-corrected chi connectivity index (χ2v) is 6.43. The van der Waals surface area contributed by atoms with E-state index in [1.165, 1.54) is 0 Å². The van der Waals surface area contributed by atoms with Crippen molar-refractivity contribution in [2.24, 2.45) is 0 Å². The molecule has 4 nitrogen and oxygen atoms in total. The summed E-state index contributed by atoms with van der Waals surface area (Å²) in [6, 6.07) is 11.5. The number of hydrogen-bond donors (Lipinski definition) is 0. The maximum absolute atomic E-state index is 5.79. The highest BCUT2D eigenvalue weighted by atomic mass is 79.9. The molecular formula is C16H12Br2N2O2. The number of hydrogen-bond acceptors (Lipinski definition) is 4. The van der Waals surface area contributed by atoms with Gasteiger partial charge in [-0.2, -0.15) is 0 Å². The minimum atomic E-state index is 0.471. The molecule has 0 aliphatic carbocycles. The first-order valence-corrected chi connectivity index (χ1v) is 8.11. The summed E-state index contributed by atoms with van der Waals surface area (Å²) in [5.41, 5.74) is 2.83. The third-order valence-electron chi connectivity index (χ3n) is 3.24. The Labute approximate surface area is 144 Å². The predicted molar refractivity (Wildman–Crippen MR) is 91.9 cm³/mol. The molecule has 0 aliphatic rings. The summed E-state index contributed by atoms with van der Waals surface area (Å²) in [6.45, 7) is 2.02. The second kappa shape index (κ2) is 6.22. The summed E-state index contributed by atoms with van der Waals surface area (Å²) < 4.78 is 12.8. The molecule has 22 heavy (non-hydrogen) atoms. The van der Waals surface area contributed by atoms with Crippen molar-refractivity contribution in [2.45, 2.75) is 6.92 Å². The van der Waals surface area contributed by atoms with Crippen LogP contribution in [0.15, 0.2) is 49.8 Å². The Bertz CT molecular complexity index is 814. The van der Waals surface area contributed by atoms with E-state index in [9.17, 15) is 0 Å². The summed E-state index contributed by atoms with van der Waals surface area (Å²) in [4.78, 5) is 0. The van der Waals surface area contributed by atoms with Gasteiger partial charge in [0, 0.05) is 14.5 Å². The van der Waals surface area contributed by atoms with Crippen molar-refractivity contribution in [2.75, 3.05) is 7.11 Å². The molecule has 0 spiro atoms. The monoisotopic (exact) mass is 422 g/mol. The normalized spacial score (nSPS) is 10.7. The van der Waals surface area contributed by atoms with Gasteiger partial charge in [0.05, 0.1) is 12.7 Å². The van der Waals surface area contributed by atoms with Gasteiger partial charge in [0.15, 0.2) is 0 Å². The maximum Gasteiger partial charge on any atom is 0.249 e. The average molecular weight is 424 g/mol. The fourth-order valence-electron chi connectivity index (χ4n) is 1.99. The Morgan fingerprint density at radius 1 is 0.955 bits per heavy atom. The Kier molecular flexibility index (Phi) is 4.31. The zero-order valence-corrected chi connectivity index (χ0v) is 15.1. The molecule has 6 heteroatoms. The van der Waals surface area contributed by atoms with E-state index in [-0.39, 0.29) is 0 Å². The fourth-order valence-corrected chi connectivity index (χ4v) is 2.96. The Hall–Kier alpha value is -1.66. The Morgan fingerprint density at radius 2 is 1.64 bits per heavy atom. The third kappa shape index (κ3) is 2.94. The first-order chi connectivity index (χ1) is 10.6. The van der Waals surface area contributed by atoms with Crippen molar-refractivity contribution >= 4 is 31.9 Å². The van der Waals surface area contributed by atoms with E-state index >= 15 is 0 Å². The van der Waals surface area contributed by atoms with Crippen molar-refractivity contribution in [1.82, 2.24) is 10.2 Å². The summed E-state index contributed by atoms with van der Waals surface area (Å²) in [5, 5.41) is 8.26. The van der Waals surface area contributed by atoms with Crippen LogP contribution in [-0.4, -0.2) is 17.3 Å². The summed E-state index contributed by atoms with van der Waals surface area (Å²) in [5.74, 6) is 1.73. The predicted octanol–water partition coefficient (Wildman–Crippen LogP) is 5.25. The minimum Gasteiger partial charge on any atom is -0.497 e. The quantitative estimate of drug-likeness (QED) is 0.577. The lowest BCUT2D eigenvalue weighted by atomic mass is 10.1. The van der Waals surface area contributed by atoms with Crippen LogP contribution in [0.3, 0.4) is 0 Å². The van der Waals surface area contributed by atoms with Gasteiger partial charge in [-0.3, -0.25) is 0 Å². The van der Waals surface area contributed by atoms with Gasteiger partial charge in [-0.25, -0.2) is 0 Å². The molecule has 0 unspecified atom stereocenters. The van der Waals surface area contributed by atoms with Gasteiger partial charge >= 0.3 is 0 Å². The number of nitrogens with zero attached hydrogens (tertiary/aromatic N) is 2. The van der Waals surface area contributed by atoms with Crippen molar-refractivity contribution in [3.8, 4) is 28.7 Å². The molecule has 3 aromatic rings. The topological polar surface area (TPSA) is 48.2 Å². The molecule has 0 fully saturated rings. The highest BCUT2D eigenvalue weighted by Gasteiger charge is 2.14. The van der Waals surface area contributed by atoms with Crippen LogP contribution in [0.1, 0.15) is 5.56 Å². The fraction of sp³-hybridized carbons (Fsp3) is 0.125. The van der Waals surface area contributed by atoms with Crippen LogP contribution in [0, 0.1) is 6.92 Å². The number of halogens is 2. The van der Waals surface area contributed by atoms with Gasteiger partial charge in [-0.05, 0) is 64.8 Å². The number of rotatable bonds is 3. The second-order valence-electron chi connectivity index (χ2n) is 4.72. The molecule has 0 aliphatic heterocycles. The van der Waals surface area contributed by atoms with E-state index in [4.69, 9.17) is 9.15 Å². The largest absolute Gasteiger partial charge is 0.497 e. The van der Waals surface area contributed by atoms with Gasteiger partial charge < -0.3 is 9.15 Å². The van der Waals surface area contributed by atoms with Crippen molar-refractivity contribution < 1.29 is 9.15 Å². The molecule has 0 radical (unpaired) electrons. The van der Waals surface area contributed by atoms with Gasteiger partial charge in [0.1, 0.15) is 5.75 Å². The molecule has 1 heterocycles. The summed E-state index contributed by atoms with van der Waals surface area (Å²) >= 11 is 7.06. The van der Waals surface area contributed by atoms with E-state index in [1.807, 2.05) is 43.3 Å². The molecule has 112 valence electrons. The van der Waals surface area contributed by atoms with Crippen LogP contribution in [0.5, 0.6) is 5.75 Å². The minimum absolute atomic E-state index is 0.471. The summed E-state index contributed by atoms with van der Waals surface area (Å²) in [6.07, 6.45) is 0. The molecule has 0 atom stereocenters. The lowest BCUT2D eigenvalue weighted by Gasteiger charge is -2.03. The highest BCUT2D eigenvalue weighted by Crippen LogP contribution is 2.33. The SMILES string of the molecule is COc1ccc(-c2nnc(-c3cc(Br)c(C)cc3Br)o2)cc1. The van der Waals surface area contributed by atoms with E-state index in [0.29, 0.717) is 11.8 Å². The molecule has 1 aromatic heterocycles. The van der Waals surface area contributed by atoms with Gasteiger partial charge in [-0.1, -0.05) is 15.9 Å². The van der Waals surface area contributed by atoms with E-state index in [1.54, 1.807) is 7.11 Å². The van der Waals surface area contributed by atoms with E-state index in [0.717, 1.165) is 31.4 Å². The lowest BCUT2D eigenvalue weighted by molar-refractivity contribution is 0.415. The van der Waals surface area contributed by atoms with Crippen molar-refractivity contribution in [3.05, 3.63) is 50.9 Å². The number of aryl methyl sites for hydroxylation is 1. The zero-order chi connectivity index (χ0) is 15.7. The molecule has 2 aromatic carbocycles. The molecule has 0 saturated heterocycles. The maximum atomic E-state index is 5.79. The van der Waals surface area contributed by atoms with Gasteiger partial charge in [0.25, 0.3) is 0 Å². The van der Waals surface area contributed by atoms with E-state index in [2.05, 4.69) is 42.1 Å². The van der Waals surface area contributed by atoms with Gasteiger partial charge in [-0.15, -0.1) is 10.2 Å². The third-order valence-corrected chi connectivity index (χ3v) is 4.75. The first-order valence-electron chi connectivity index (χ1n) is 6.52. The zero-order valence-electron chi connectivity index (χ0n) is 11.9. The number of benzene rings is 2. The molecular weight excluding hydrogens is 412 g/mol. The number of methoxy groups -OCH3 is 1. The molecule has 0 saturated carbocycles. The van der Waals surface area contributed by atoms with Crippen LogP contribution >= 0.6 is 31.9 Å². The van der Waals surface area contributed by atoms with Crippen LogP contribution in [-0.2, 0) is 0 Å². The Morgan fingerprint density at radius 3 is 2.32 bits per heavy atom. The molecule has 0 amide bonds. The van der Waals surface area contributed by atoms with Crippen LogP contribution < -0.4 is 4.74 Å². The number of aromatic nitrogens is 2. The summed E-state index contributed by atoms with van der Waals surface area (Å²) in [7, 11) is 1.63.